The summed E-state index contributed by atoms with van der Waals surface area (Å²) in [6, 6.07) is 15.1. The predicted octanol–water partition coefficient (Wildman–Crippen LogP) is 3.11. The molecule has 0 radical (unpaired) electrons. The molecule has 3 aromatic rings. The van der Waals surface area contributed by atoms with Gasteiger partial charge in [-0.15, -0.1) is 0 Å². The largest absolute Gasteiger partial charge is 0.491 e. The molecule has 2 aromatic carbocycles. The SMILES string of the molecule is Oc1noc2cccc(OCc3ccccc3)c12. The lowest BCUT2D eigenvalue weighted by Crippen LogP contribution is -1.95. The van der Waals surface area contributed by atoms with Crippen molar-refractivity contribution in [3.63, 3.8) is 0 Å². The number of hydrogen-bond acceptors (Lipinski definition) is 4. The van der Waals surface area contributed by atoms with E-state index in [-0.39, 0.29) is 5.88 Å². The fourth-order valence-electron chi connectivity index (χ4n) is 1.80. The van der Waals surface area contributed by atoms with Crippen LogP contribution in [0.1, 0.15) is 5.56 Å². The number of aromatic nitrogens is 1. The third kappa shape index (κ3) is 1.88. The van der Waals surface area contributed by atoms with Crippen molar-refractivity contribution < 1.29 is 14.4 Å². The molecule has 0 amide bonds. The van der Waals surface area contributed by atoms with Crippen molar-refractivity contribution in [2.24, 2.45) is 0 Å². The Hall–Kier alpha value is -2.49. The Bertz CT molecular complexity index is 661. The van der Waals surface area contributed by atoms with Crippen LogP contribution < -0.4 is 4.74 Å². The van der Waals surface area contributed by atoms with E-state index < -0.39 is 0 Å². The summed E-state index contributed by atoms with van der Waals surface area (Å²) >= 11 is 0. The molecule has 0 aliphatic carbocycles. The molecule has 0 saturated carbocycles. The van der Waals surface area contributed by atoms with Crippen LogP contribution >= 0.6 is 0 Å². The maximum atomic E-state index is 9.60. The number of rotatable bonds is 3. The van der Waals surface area contributed by atoms with E-state index in [4.69, 9.17) is 9.26 Å². The third-order valence-electron chi connectivity index (χ3n) is 2.68. The second kappa shape index (κ2) is 4.41. The Labute approximate surface area is 103 Å². The molecule has 0 fully saturated rings. The van der Waals surface area contributed by atoms with Gasteiger partial charge in [0, 0.05) is 0 Å². The lowest BCUT2D eigenvalue weighted by Gasteiger charge is -2.06. The fourth-order valence-corrected chi connectivity index (χ4v) is 1.80. The second-order valence-corrected chi connectivity index (χ2v) is 3.91. The lowest BCUT2D eigenvalue weighted by molar-refractivity contribution is 0.309. The minimum Gasteiger partial charge on any atom is -0.491 e. The zero-order chi connectivity index (χ0) is 12.4. The van der Waals surface area contributed by atoms with Crippen LogP contribution in [0.15, 0.2) is 53.1 Å². The van der Waals surface area contributed by atoms with Crippen molar-refractivity contribution in [3.8, 4) is 11.6 Å². The minimum atomic E-state index is -0.145. The van der Waals surface area contributed by atoms with Gasteiger partial charge in [0.25, 0.3) is 5.88 Å². The first-order valence-corrected chi connectivity index (χ1v) is 5.58. The minimum absolute atomic E-state index is 0.145. The van der Waals surface area contributed by atoms with Gasteiger partial charge in [0.05, 0.1) is 0 Å². The topological polar surface area (TPSA) is 55.5 Å². The molecule has 18 heavy (non-hydrogen) atoms. The Morgan fingerprint density at radius 2 is 1.89 bits per heavy atom. The highest BCUT2D eigenvalue weighted by molar-refractivity contribution is 5.88. The smallest absolute Gasteiger partial charge is 0.263 e. The highest BCUT2D eigenvalue weighted by Crippen LogP contribution is 2.32. The van der Waals surface area contributed by atoms with Crippen LogP contribution in [-0.2, 0) is 6.61 Å². The zero-order valence-electron chi connectivity index (χ0n) is 9.54. The summed E-state index contributed by atoms with van der Waals surface area (Å²) in [6.07, 6.45) is 0. The van der Waals surface area contributed by atoms with Gasteiger partial charge in [0.1, 0.15) is 17.7 Å². The summed E-state index contributed by atoms with van der Waals surface area (Å²) in [4.78, 5) is 0. The first-order chi connectivity index (χ1) is 8.84. The highest BCUT2D eigenvalue weighted by Gasteiger charge is 2.12. The van der Waals surface area contributed by atoms with Crippen molar-refractivity contribution in [3.05, 3.63) is 54.1 Å². The van der Waals surface area contributed by atoms with E-state index in [0.717, 1.165) is 5.56 Å². The summed E-state index contributed by atoms with van der Waals surface area (Å²) in [5, 5.41) is 13.6. The van der Waals surface area contributed by atoms with E-state index in [1.165, 1.54) is 0 Å². The lowest BCUT2D eigenvalue weighted by atomic mass is 10.2. The number of benzene rings is 2. The molecular formula is C14H11NO3. The molecule has 0 saturated heterocycles. The molecule has 4 heteroatoms. The van der Waals surface area contributed by atoms with Crippen LogP contribution in [0.4, 0.5) is 0 Å². The molecule has 0 aliphatic heterocycles. The Morgan fingerprint density at radius 3 is 2.72 bits per heavy atom. The van der Waals surface area contributed by atoms with Gasteiger partial charge in [-0.3, -0.25) is 0 Å². The van der Waals surface area contributed by atoms with Crippen molar-refractivity contribution in [2.45, 2.75) is 6.61 Å². The maximum Gasteiger partial charge on any atom is 0.263 e. The van der Waals surface area contributed by atoms with E-state index in [1.54, 1.807) is 18.2 Å². The third-order valence-corrected chi connectivity index (χ3v) is 2.68. The summed E-state index contributed by atoms with van der Waals surface area (Å²) < 4.78 is 10.6. The summed E-state index contributed by atoms with van der Waals surface area (Å²) in [7, 11) is 0. The number of ether oxygens (including phenoxy) is 1. The van der Waals surface area contributed by atoms with Crippen LogP contribution in [-0.4, -0.2) is 10.3 Å². The second-order valence-electron chi connectivity index (χ2n) is 3.91. The van der Waals surface area contributed by atoms with Gasteiger partial charge in [-0.1, -0.05) is 36.4 Å². The Kier molecular flexibility index (Phi) is 2.61. The first-order valence-electron chi connectivity index (χ1n) is 5.58. The van der Waals surface area contributed by atoms with Gasteiger partial charge in [0.2, 0.25) is 0 Å². The van der Waals surface area contributed by atoms with Crippen LogP contribution in [0.5, 0.6) is 11.6 Å². The Morgan fingerprint density at radius 1 is 1.06 bits per heavy atom. The summed E-state index contributed by atoms with van der Waals surface area (Å²) in [5.41, 5.74) is 1.57. The molecule has 90 valence electrons. The maximum absolute atomic E-state index is 9.60. The van der Waals surface area contributed by atoms with Gasteiger partial charge < -0.3 is 14.4 Å². The summed E-state index contributed by atoms with van der Waals surface area (Å²) in [6.45, 7) is 0.435. The molecule has 1 heterocycles. The van der Waals surface area contributed by atoms with Crippen molar-refractivity contribution in [1.29, 1.82) is 0 Å². The average Bonchev–Trinajstić information content (AvgIpc) is 2.80. The number of aromatic hydroxyl groups is 1. The summed E-state index contributed by atoms with van der Waals surface area (Å²) in [5.74, 6) is 0.420. The van der Waals surface area contributed by atoms with Gasteiger partial charge in [-0.2, -0.15) is 0 Å². The average molecular weight is 241 g/mol. The number of nitrogens with zero attached hydrogens (tertiary/aromatic N) is 1. The van der Waals surface area contributed by atoms with E-state index in [9.17, 15) is 5.11 Å². The molecular weight excluding hydrogens is 230 g/mol. The molecule has 0 spiro atoms. The zero-order valence-corrected chi connectivity index (χ0v) is 9.54. The molecule has 1 aromatic heterocycles. The quantitative estimate of drug-likeness (QED) is 0.765. The van der Waals surface area contributed by atoms with E-state index >= 15 is 0 Å². The van der Waals surface area contributed by atoms with E-state index in [2.05, 4.69) is 5.16 Å². The number of hydrogen-bond donors (Lipinski definition) is 1. The first kappa shape index (κ1) is 10.7. The molecule has 0 atom stereocenters. The van der Waals surface area contributed by atoms with Gasteiger partial charge in [-0.05, 0) is 22.9 Å². The Balaban J connectivity index is 1.89. The van der Waals surface area contributed by atoms with Crippen LogP contribution in [0, 0.1) is 0 Å². The van der Waals surface area contributed by atoms with Crippen LogP contribution in [0.3, 0.4) is 0 Å². The van der Waals surface area contributed by atoms with E-state index in [0.29, 0.717) is 23.3 Å². The molecule has 4 nitrogen and oxygen atoms in total. The van der Waals surface area contributed by atoms with Crippen molar-refractivity contribution in [1.82, 2.24) is 5.16 Å². The predicted molar refractivity (Wildman–Crippen MR) is 66.4 cm³/mol. The normalized spacial score (nSPS) is 10.7. The van der Waals surface area contributed by atoms with E-state index in [1.807, 2.05) is 30.3 Å². The standard InChI is InChI=1S/C14H11NO3/c16-14-13-11(7-4-8-12(13)18-15-14)17-9-10-5-2-1-3-6-10/h1-8H,9H2,(H,15,16). The molecule has 0 bridgehead atoms. The monoisotopic (exact) mass is 241 g/mol. The van der Waals surface area contributed by atoms with Gasteiger partial charge in [0.15, 0.2) is 5.58 Å². The molecule has 0 aliphatic rings. The number of fused-ring (bicyclic) bond motifs is 1. The van der Waals surface area contributed by atoms with Crippen molar-refractivity contribution in [2.75, 3.05) is 0 Å². The fraction of sp³-hybridized carbons (Fsp3) is 0.0714. The highest BCUT2D eigenvalue weighted by atomic mass is 16.5. The molecule has 1 N–H and O–H groups in total. The van der Waals surface area contributed by atoms with Crippen LogP contribution in [0.2, 0.25) is 0 Å². The molecule has 0 unspecified atom stereocenters. The van der Waals surface area contributed by atoms with Gasteiger partial charge in [-0.25, -0.2) is 0 Å². The van der Waals surface area contributed by atoms with Crippen molar-refractivity contribution >= 4 is 11.0 Å². The van der Waals surface area contributed by atoms with Gasteiger partial charge >= 0.3 is 0 Å². The van der Waals surface area contributed by atoms with Crippen LogP contribution in [0.25, 0.3) is 11.0 Å². The molecule has 3 rings (SSSR count).